The van der Waals surface area contributed by atoms with Gasteiger partial charge in [0, 0.05) is 26.2 Å². The highest BCUT2D eigenvalue weighted by Gasteiger charge is 2.30. The summed E-state index contributed by atoms with van der Waals surface area (Å²) >= 11 is 0. The van der Waals surface area contributed by atoms with Gasteiger partial charge in [0.1, 0.15) is 0 Å². The molecule has 0 aliphatic carbocycles. The highest BCUT2D eigenvalue weighted by Crippen LogP contribution is 2.23. The predicted molar refractivity (Wildman–Crippen MR) is 105 cm³/mol. The van der Waals surface area contributed by atoms with Crippen LogP contribution >= 0.6 is 24.0 Å². The van der Waals surface area contributed by atoms with Gasteiger partial charge in [-0.3, -0.25) is 9.79 Å². The van der Waals surface area contributed by atoms with E-state index >= 15 is 0 Å². The van der Waals surface area contributed by atoms with Crippen LogP contribution in [0.1, 0.15) is 47.5 Å². The molecular formula is C16H33IN4O2. The smallest absolute Gasteiger partial charge is 0.227 e. The van der Waals surface area contributed by atoms with Crippen molar-refractivity contribution in [2.24, 2.45) is 10.4 Å². The van der Waals surface area contributed by atoms with E-state index in [-0.39, 0.29) is 35.5 Å². The lowest BCUT2D eigenvalue weighted by atomic mass is 9.92. The second-order valence-corrected chi connectivity index (χ2v) is 6.69. The molecule has 7 heteroatoms. The van der Waals surface area contributed by atoms with E-state index in [2.05, 4.69) is 27.9 Å². The van der Waals surface area contributed by atoms with Crippen LogP contribution in [-0.2, 0) is 9.53 Å². The first-order valence-electron chi connectivity index (χ1n) is 8.27. The molecule has 1 amide bonds. The summed E-state index contributed by atoms with van der Waals surface area (Å²) < 4.78 is 5.78. The van der Waals surface area contributed by atoms with E-state index in [1.54, 1.807) is 0 Å². The number of hydrogen-bond acceptors (Lipinski definition) is 3. The van der Waals surface area contributed by atoms with E-state index in [0.717, 1.165) is 38.5 Å². The van der Waals surface area contributed by atoms with Crippen LogP contribution in [-0.4, -0.2) is 50.3 Å². The van der Waals surface area contributed by atoms with Gasteiger partial charge in [-0.05, 0) is 47.5 Å². The van der Waals surface area contributed by atoms with Crippen molar-refractivity contribution < 1.29 is 9.53 Å². The monoisotopic (exact) mass is 440 g/mol. The van der Waals surface area contributed by atoms with Crippen LogP contribution in [0.3, 0.4) is 0 Å². The molecule has 136 valence electrons. The Balaban J connectivity index is 0.00000484. The summed E-state index contributed by atoms with van der Waals surface area (Å²) in [4.78, 5) is 16.6. The first-order valence-corrected chi connectivity index (χ1v) is 8.27. The summed E-state index contributed by atoms with van der Waals surface area (Å²) in [7, 11) is 0. The first-order chi connectivity index (χ1) is 10.3. The maximum absolute atomic E-state index is 12.0. The summed E-state index contributed by atoms with van der Waals surface area (Å²) in [5.74, 6) is 0.761. The minimum absolute atomic E-state index is 0. The Morgan fingerprint density at radius 1 is 1.22 bits per heavy atom. The first kappa shape index (κ1) is 22.4. The molecule has 1 unspecified atom stereocenters. The minimum atomic E-state index is -0.522. The second-order valence-electron chi connectivity index (χ2n) is 6.69. The molecule has 6 nitrogen and oxygen atoms in total. The molecule has 1 aliphatic heterocycles. The van der Waals surface area contributed by atoms with E-state index in [1.165, 1.54) is 0 Å². The average Bonchev–Trinajstić information content (AvgIpc) is 2.89. The Morgan fingerprint density at radius 3 is 2.39 bits per heavy atom. The maximum atomic E-state index is 12.0. The van der Waals surface area contributed by atoms with Crippen LogP contribution in [0, 0.1) is 5.41 Å². The van der Waals surface area contributed by atoms with E-state index in [0.29, 0.717) is 13.1 Å². The van der Waals surface area contributed by atoms with Crippen molar-refractivity contribution in [1.29, 1.82) is 0 Å². The lowest BCUT2D eigenvalue weighted by Crippen LogP contribution is -2.46. The molecule has 0 aromatic heterocycles. The molecule has 23 heavy (non-hydrogen) atoms. The van der Waals surface area contributed by atoms with Gasteiger partial charge in [-0.1, -0.05) is 0 Å². The molecule has 0 bridgehead atoms. The summed E-state index contributed by atoms with van der Waals surface area (Å²) in [6, 6.07) is 0. The van der Waals surface area contributed by atoms with Crippen LogP contribution in [0.15, 0.2) is 4.99 Å². The van der Waals surface area contributed by atoms with Gasteiger partial charge in [0.05, 0.1) is 17.6 Å². The topological polar surface area (TPSA) is 74.8 Å². The lowest BCUT2D eigenvalue weighted by Gasteiger charge is -2.26. The Morgan fingerprint density at radius 2 is 1.87 bits per heavy atom. The zero-order valence-corrected chi connectivity index (χ0v) is 17.5. The van der Waals surface area contributed by atoms with Crippen LogP contribution in [0.5, 0.6) is 0 Å². The summed E-state index contributed by atoms with van der Waals surface area (Å²) in [5.41, 5.74) is -0.641. The number of carbonyl (C=O) groups excluding carboxylic acids is 1. The van der Waals surface area contributed by atoms with E-state index in [9.17, 15) is 4.79 Å². The van der Waals surface area contributed by atoms with Gasteiger partial charge in [0.2, 0.25) is 5.91 Å². The summed E-state index contributed by atoms with van der Waals surface area (Å²) in [6.07, 6.45) is 2.17. The number of amides is 1. The number of rotatable bonds is 7. The van der Waals surface area contributed by atoms with Crippen molar-refractivity contribution >= 4 is 35.8 Å². The van der Waals surface area contributed by atoms with Gasteiger partial charge in [-0.15, -0.1) is 24.0 Å². The number of carbonyl (C=O) groups is 1. The number of nitrogens with zero attached hydrogens (tertiary/aromatic N) is 1. The molecule has 1 aliphatic rings. The zero-order valence-electron chi connectivity index (χ0n) is 15.1. The molecule has 0 aromatic rings. The van der Waals surface area contributed by atoms with Crippen LogP contribution in [0.4, 0.5) is 0 Å². The van der Waals surface area contributed by atoms with Crippen LogP contribution in [0.2, 0.25) is 0 Å². The third kappa shape index (κ3) is 7.69. The van der Waals surface area contributed by atoms with Crippen LogP contribution < -0.4 is 16.0 Å². The van der Waals surface area contributed by atoms with Gasteiger partial charge in [0.25, 0.3) is 0 Å². The second kappa shape index (κ2) is 10.3. The standard InChI is InChI=1S/C16H32N4O2.HI/c1-6-17-13(21)15(3,4)11-19-14(18-7-2)20-12-16(5)9-8-10-22-16;/h6-12H2,1-5H3,(H,17,21)(H2,18,19,20);1H. The maximum Gasteiger partial charge on any atom is 0.227 e. The lowest BCUT2D eigenvalue weighted by molar-refractivity contribution is -0.128. The number of guanidine groups is 1. The molecule has 3 N–H and O–H groups in total. The fourth-order valence-electron chi connectivity index (χ4n) is 2.34. The SMILES string of the molecule is CCNC(=O)C(C)(C)CN=C(NCC)NCC1(C)CCCO1.I. The molecule has 0 saturated carbocycles. The molecule has 1 fully saturated rings. The Kier molecular flexibility index (Phi) is 10.1. The fraction of sp³-hybridized carbons (Fsp3) is 0.875. The zero-order chi connectivity index (χ0) is 16.6. The van der Waals surface area contributed by atoms with Crippen molar-refractivity contribution in [3.63, 3.8) is 0 Å². The third-order valence-electron chi connectivity index (χ3n) is 3.86. The van der Waals surface area contributed by atoms with Crippen molar-refractivity contribution in [1.82, 2.24) is 16.0 Å². The van der Waals surface area contributed by atoms with Gasteiger partial charge in [-0.2, -0.15) is 0 Å². The fourth-order valence-corrected chi connectivity index (χ4v) is 2.34. The van der Waals surface area contributed by atoms with Gasteiger partial charge >= 0.3 is 0 Å². The largest absolute Gasteiger partial charge is 0.373 e. The minimum Gasteiger partial charge on any atom is -0.373 e. The van der Waals surface area contributed by atoms with Crippen LogP contribution in [0.25, 0.3) is 0 Å². The normalized spacial score (nSPS) is 21.5. The summed E-state index contributed by atoms with van der Waals surface area (Å²) in [6.45, 7) is 13.3. The van der Waals surface area contributed by atoms with E-state index in [4.69, 9.17) is 4.74 Å². The summed E-state index contributed by atoms with van der Waals surface area (Å²) in [5, 5.41) is 9.40. The van der Waals surface area contributed by atoms with Crippen molar-refractivity contribution in [2.75, 3.05) is 32.8 Å². The predicted octanol–water partition coefficient (Wildman–Crippen LogP) is 1.89. The number of hydrogen-bond donors (Lipinski definition) is 3. The van der Waals surface area contributed by atoms with Crippen molar-refractivity contribution in [3.05, 3.63) is 0 Å². The Hall–Kier alpha value is -0.570. The molecule has 1 rings (SSSR count). The molecular weight excluding hydrogens is 407 g/mol. The Labute approximate surface area is 157 Å². The number of halogens is 1. The molecule has 1 heterocycles. The molecule has 0 spiro atoms. The van der Waals surface area contributed by atoms with Gasteiger partial charge in [0.15, 0.2) is 5.96 Å². The van der Waals surface area contributed by atoms with Crippen molar-refractivity contribution in [3.8, 4) is 0 Å². The van der Waals surface area contributed by atoms with E-state index < -0.39 is 5.41 Å². The van der Waals surface area contributed by atoms with E-state index in [1.807, 2.05) is 27.7 Å². The number of nitrogens with one attached hydrogen (secondary N) is 3. The molecule has 0 aromatic carbocycles. The Bertz CT molecular complexity index is 394. The number of ether oxygens (including phenoxy) is 1. The molecule has 1 saturated heterocycles. The quantitative estimate of drug-likeness (QED) is 0.321. The highest BCUT2D eigenvalue weighted by molar-refractivity contribution is 14.0. The highest BCUT2D eigenvalue weighted by atomic mass is 127. The van der Waals surface area contributed by atoms with Gasteiger partial charge < -0.3 is 20.7 Å². The van der Waals surface area contributed by atoms with Crippen molar-refractivity contribution in [2.45, 2.75) is 53.1 Å². The number of aliphatic imine (C=N–C) groups is 1. The molecule has 1 atom stereocenters. The van der Waals surface area contributed by atoms with Gasteiger partial charge in [-0.25, -0.2) is 0 Å². The third-order valence-corrected chi connectivity index (χ3v) is 3.86. The average molecular weight is 440 g/mol. The molecule has 0 radical (unpaired) electrons.